The van der Waals surface area contributed by atoms with E-state index in [1.165, 1.54) is 25.6 Å². The van der Waals surface area contributed by atoms with Crippen LogP contribution in [0, 0.1) is 11.3 Å². The Morgan fingerprint density at radius 1 is 1.23 bits per heavy atom. The van der Waals surface area contributed by atoms with Gasteiger partial charge in [0.05, 0.1) is 0 Å². The van der Waals surface area contributed by atoms with Gasteiger partial charge in [-0.05, 0) is 42.9 Å². The standard InChI is InChI=1S/C21H26ClN3O/c1-21(2,13-17-8-10-18(22)11-9-17)20(26)19(25-15-23-14-24-25)12-16-6-4-3-5-7-16/h8-12,14-16H,3-7,13H2,1-2H3/b19-12-. The molecule has 2 aromatic rings. The van der Waals surface area contributed by atoms with Gasteiger partial charge in [0.1, 0.15) is 18.4 Å². The summed E-state index contributed by atoms with van der Waals surface area (Å²) in [7, 11) is 0. The first-order valence-corrected chi connectivity index (χ1v) is 9.69. The van der Waals surface area contributed by atoms with Crippen molar-refractivity contribution in [1.82, 2.24) is 14.8 Å². The zero-order valence-corrected chi connectivity index (χ0v) is 16.2. The normalized spacial score (nSPS) is 16.7. The maximum absolute atomic E-state index is 13.4. The third-order valence-corrected chi connectivity index (χ3v) is 5.37. The molecular weight excluding hydrogens is 346 g/mol. The third kappa shape index (κ3) is 4.61. The molecule has 0 spiro atoms. The molecule has 3 rings (SSSR count). The van der Waals surface area contributed by atoms with Gasteiger partial charge in [0.25, 0.3) is 0 Å². The molecule has 0 aliphatic heterocycles. The van der Waals surface area contributed by atoms with Crippen molar-refractivity contribution in [3.05, 3.63) is 53.6 Å². The van der Waals surface area contributed by atoms with Gasteiger partial charge in [-0.15, -0.1) is 0 Å². The molecule has 1 aromatic heterocycles. The molecule has 0 N–H and O–H groups in total. The van der Waals surface area contributed by atoms with E-state index in [0.29, 0.717) is 23.1 Å². The summed E-state index contributed by atoms with van der Waals surface area (Å²) in [4.78, 5) is 17.5. The van der Waals surface area contributed by atoms with Gasteiger partial charge in [-0.1, -0.05) is 62.9 Å². The van der Waals surface area contributed by atoms with Crippen LogP contribution < -0.4 is 0 Å². The van der Waals surface area contributed by atoms with E-state index in [2.05, 4.69) is 16.2 Å². The Labute approximate surface area is 160 Å². The number of hydrogen-bond acceptors (Lipinski definition) is 3. The molecule has 1 aliphatic rings. The summed E-state index contributed by atoms with van der Waals surface area (Å²) >= 11 is 5.98. The summed E-state index contributed by atoms with van der Waals surface area (Å²) in [6.45, 7) is 3.99. The van der Waals surface area contributed by atoms with Gasteiger partial charge in [0.2, 0.25) is 0 Å². The zero-order chi connectivity index (χ0) is 18.6. The highest BCUT2D eigenvalue weighted by molar-refractivity contribution is 6.30. The zero-order valence-electron chi connectivity index (χ0n) is 15.5. The third-order valence-electron chi connectivity index (χ3n) is 5.12. The number of allylic oxidation sites excluding steroid dienone is 2. The molecule has 0 amide bonds. The van der Waals surface area contributed by atoms with Crippen molar-refractivity contribution in [1.29, 1.82) is 0 Å². The maximum Gasteiger partial charge on any atom is 0.186 e. The number of benzene rings is 1. The fraction of sp³-hybridized carbons (Fsp3) is 0.476. The van der Waals surface area contributed by atoms with Crippen LogP contribution in [0.5, 0.6) is 0 Å². The van der Waals surface area contributed by atoms with Crippen molar-refractivity contribution in [3.63, 3.8) is 0 Å². The van der Waals surface area contributed by atoms with Crippen molar-refractivity contribution < 1.29 is 4.79 Å². The van der Waals surface area contributed by atoms with Crippen molar-refractivity contribution in [2.45, 2.75) is 52.4 Å². The van der Waals surface area contributed by atoms with E-state index in [-0.39, 0.29) is 5.78 Å². The van der Waals surface area contributed by atoms with Crippen LogP contribution in [0.1, 0.15) is 51.5 Å². The molecule has 1 heterocycles. The van der Waals surface area contributed by atoms with Crippen LogP contribution >= 0.6 is 11.6 Å². The van der Waals surface area contributed by atoms with Crippen LogP contribution in [0.3, 0.4) is 0 Å². The van der Waals surface area contributed by atoms with Crippen LogP contribution in [-0.2, 0) is 11.2 Å². The molecule has 1 saturated carbocycles. The Morgan fingerprint density at radius 2 is 1.92 bits per heavy atom. The van der Waals surface area contributed by atoms with Gasteiger partial charge in [-0.25, -0.2) is 9.67 Å². The molecule has 1 fully saturated rings. The van der Waals surface area contributed by atoms with Crippen molar-refractivity contribution in [2.75, 3.05) is 0 Å². The van der Waals surface area contributed by atoms with Gasteiger partial charge < -0.3 is 0 Å². The van der Waals surface area contributed by atoms with Gasteiger partial charge in [-0.3, -0.25) is 4.79 Å². The maximum atomic E-state index is 13.4. The number of Topliss-reactive ketones (excluding diaryl/α,β-unsaturated/α-hetero) is 1. The van der Waals surface area contributed by atoms with Gasteiger partial charge in [0.15, 0.2) is 5.78 Å². The number of hydrogen-bond donors (Lipinski definition) is 0. The number of nitrogens with zero attached hydrogens (tertiary/aromatic N) is 3. The first-order valence-electron chi connectivity index (χ1n) is 9.32. The molecule has 1 aromatic carbocycles. The Kier molecular flexibility index (Phi) is 5.92. The topological polar surface area (TPSA) is 47.8 Å². The second kappa shape index (κ2) is 8.17. The molecule has 5 heteroatoms. The lowest BCUT2D eigenvalue weighted by Crippen LogP contribution is -2.30. The predicted molar refractivity (Wildman–Crippen MR) is 105 cm³/mol. The predicted octanol–water partition coefficient (Wildman–Crippen LogP) is 5.19. The second-order valence-electron chi connectivity index (χ2n) is 7.81. The summed E-state index contributed by atoms with van der Waals surface area (Å²) in [6, 6.07) is 7.70. The lowest BCUT2D eigenvalue weighted by atomic mass is 9.79. The number of carbonyl (C=O) groups is 1. The minimum Gasteiger partial charge on any atom is -0.292 e. The van der Waals surface area contributed by atoms with E-state index in [4.69, 9.17) is 11.6 Å². The average molecular weight is 372 g/mol. The van der Waals surface area contributed by atoms with E-state index >= 15 is 0 Å². The number of halogens is 1. The van der Waals surface area contributed by atoms with E-state index in [1.54, 1.807) is 11.0 Å². The largest absolute Gasteiger partial charge is 0.292 e. The molecule has 26 heavy (non-hydrogen) atoms. The Bertz CT molecular complexity index is 757. The second-order valence-corrected chi connectivity index (χ2v) is 8.24. The van der Waals surface area contributed by atoms with Gasteiger partial charge in [0, 0.05) is 10.4 Å². The quantitative estimate of drug-likeness (QED) is 0.656. The minimum absolute atomic E-state index is 0.100. The van der Waals surface area contributed by atoms with Crippen LogP contribution in [0.15, 0.2) is 43.0 Å². The molecule has 4 nitrogen and oxygen atoms in total. The number of rotatable bonds is 6. The van der Waals surface area contributed by atoms with E-state index in [9.17, 15) is 4.79 Å². The highest BCUT2D eigenvalue weighted by Gasteiger charge is 2.32. The van der Waals surface area contributed by atoms with E-state index in [0.717, 1.165) is 18.4 Å². The Balaban J connectivity index is 1.85. The van der Waals surface area contributed by atoms with Crippen LogP contribution in [0.25, 0.3) is 5.70 Å². The first kappa shape index (κ1) is 18.8. The van der Waals surface area contributed by atoms with E-state index in [1.807, 2.05) is 38.1 Å². The lowest BCUT2D eigenvalue weighted by molar-refractivity contribution is -0.121. The summed E-state index contributed by atoms with van der Waals surface area (Å²) in [6.07, 6.45) is 11.9. The van der Waals surface area contributed by atoms with Crippen LogP contribution in [-0.4, -0.2) is 20.5 Å². The molecule has 0 unspecified atom stereocenters. The average Bonchev–Trinajstić information content (AvgIpc) is 3.16. The van der Waals surface area contributed by atoms with Gasteiger partial charge >= 0.3 is 0 Å². The Morgan fingerprint density at radius 3 is 2.54 bits per heavy atom. The fourth-order valence-electron chi connectivity index (χ4n) is 3.65. The summed E-state index contributed by atoms with van der Waals surface area (Å²) in [5.74, 6) is 0.543. The highest BCUT2D eigenvalue weighted by atomic mass is 35.5. The molecule has 0 radical (unpaired) electrons. The lowest BCUT2D eigenvalue weighted by Gasteiger charge is -2.26. The fourth-order valence-corrected chi connectivity index (χ4v) is 3.78. The molecule has 0 bridgehead atoms. The van der Waals surface area contributed by atoms with E-state index < -0.39 is 5.41 Å². The Hall–Kier alpha value is -1.94. The monoisotopic (exact) mass is 371 g/mol. The molecule has 0 saturated heterocycles. The molecule has 1 aliphatic carbocycles. The van der Waals surface area contributed by atoms with Crippen LogP contribution in [0.4, 0.5) is 0 Å². The molecular formula is C21H26ClN3O. The number of carbonyl (C=O) groups excluding carboxylic acids is 1. The summed E-state index contributed by atoms with van der Waals surface area (Å²) in [5.41, 5.74) is 1.21. The van der Waals surface area contributed by atoms with Crippen LogP contribution in [0.2, 0.25) is 5.02 Å². The molecule has 0 atom stereocenters. The summed E-state index contributed by atoms with van der Waals surface area (Å²) in [5, 5.41) is 4.94. The number of aromatic nitrogens is 3. The smallest absolute Gasteiger partial charge is 0.186 e. The summed E-state index contributed by atoms with van der Waals surface area (Å²) < 4.78 is 1.63. The molecule has 138 valence electrons. The SMILES string of the molecule is CC(C)(Cc1ccc(Cl)cc1)C(=O)/C(=C/C1CCCCC1)n1cncn1. The number of ketones is 1. The van der Waals surface area contributed by atoms with Gasteiger partial charge in [-0.2, -0.15) is 5.10 Å². The first-order chi connectivity index (χ1) is 12.5. The van der Waals surface area contributed by atoms with Crippen molar-refractivity contribution in [3.8, 4) is 0 Å². The van der Waals surface area contributed by atoms with Crippen molar-refractivity contribution >= 4 is 23.1 Å². The minimum atomic E-state index is -0.541. The highest BCUT2D eigenvalue weighted by Crippen LogP contribution is 2.32. The van der Waals surface area contributed by atoms with Crippen molar-refractivity contribution in [2.24, 2.45) is 11.3 Å².